The van der Waals surface area contributed by atoms with Crippen molar-refractivity contribution < 1.29 is 4.79 Å². The standard InChI is InChI=1S/C16H20N6OS/c23-15(14-11-24-20-19-14)22-9-4-13(10-22)12-2-7-21(8-3-12)16-17-5-1-6-18-16/h1,5-6,11-13H,2-4,7-10H2. The van der Waals surface area contributed by atoms with Crippen LogP contribution in [-0.4, -0.2) is 56.5 Å². The summed E-state index contributed by atoms with van der Waals surface area (Å²) < 4.78 is 3.79. The van der Waals surface area contributed by atoms with Gasteiger partial charge in [-0.1, -0.05) is 4.49 Å². The van der Waals surface area contributed by atoms with Crippen LogP contribution in [0.4, 0.5) is 5.95 Å². The van der Waals surface area contributed by atoms with E-state index in [1.807, 2.05) is 11.0 Å². The molecule has 0 aliphatic carbocycles. The molecule has 24 heavy (non-hydrogen) atoms. The molecule has 8 heteroatoms. The largest absolute Gasteiger partial charge is 0.341 e. The number of aromatic nitrogens is 4. The van der Waals surface area contributed by atoms with Gasteiger partial charge in [-0.15, -0.1) is 5.10 Å². The predicted octanol–water partition coefficient (Wildman–Crippen LogP) is 1.71. The zero-order chi connectivity index (χ0) is 16.4. The van der Waals surface area contributed by atoms with Gasteiger partial charge in [-0.3, -0.25) is 4.79 Å². The van der Waals surface area contributed by atoms with Gasteiger partial charge in [0, 0.05) is 44.0 Å². The summed E-state index contributed by atoms with van der Waals surface area (Å²) in [7, 11) is 0. The molecular formula is C16H20N6OS. The molecule has 0 aromatic carbocycles. The van der Waals surface area contributed by atoms with E-state index in [9.17, 15) is 4.79 Å². The van der Waals surface area contributed by atoms with Crippen LogP contribution in [-0.2, 0) is 0 Å². The third-order valence-electron chi connectivity index (χ3n) is 5.13. The third kappa shape index (κ3) is 3.10. The van der Waals surface area contributed by atoms with E-state index >= 15 is 0 Å². The third-order valence-corrected chi connectivity index (χ3v) is 5.64. The van der Waals surface area contributed by atoms with Gasteiger partial charge in [0.2, 0.25) is 5.95 Å². The Morgan fingerprint density at radius 2 is 1.83 bits per heavy atom. The Hall–Kier alpha value is -2.09. The molecule has 2 aliphatic heterocycles. The van der Waals surface area contributed by atoms with E-state index in [1.54, 1.807) is 17.8 Å². The Morgan fingerprint density at radius 1 is 1.08 bits per heavy atom. The van der Waals surface area contributed by atoms with Gasteiger partial charge in [-0.2, -0.15) is 0 Å². The molecule has 2 aromatic rings. The van der Waals surface area contributed by atoms with Crippen molar-refractivity contribution in [3.63, 3.8) is 0 Å². The molecule has 0 radical (unpaired) electrons. The number of anilines is 1. The number of likely N-dealkylation sites (tertiary alicyclic amines) is 1. The fourth-order valence-corrected chi connectivity index (χ4v) is 4.23. The fourth-order valence-electron chi connectivity index (χ4n) is 3.80. The zero-order valence-electron chi connectivity index (χ0n) is 13.4. The van der Waals surface area contributed by atoms with Crippen LogP contribution in [0.5, 0.6) is 0 Å². The Bertz CT molecular complexity index is 671. The number of carbonyl (C=O) groups is 1. The van der Waals surface area contributed by atoms with E-state index in [1.165, 1.54) is 11.5 Å². The summed E-state index contributed by atoms with van der Waals surface area (Å²) in [5.74, 6) is 2.13. The number of hydrogen-bond donors (Lipinski definition) is 0. The highest BCUT2D eigenvalue weighted by atomic mass is 32.1. The lowest BCUT2D eigenvalue weighted by Crippen LogP contribution is -2.38. The number of carbonyl (C=O) groups excluding carboxylic acids is 1. The minimum Gasteiger partial charge on any atom is -0.341 e. The first-order valence-corrected chi connectivity index (χ1v) is 9.23. The number of hydrogen-bond acceptors (Lipinski definition) is 7. The summed E-state index contributed by atoms with van der Waals surface area (Å²) in [5, 5.41) is 5.63. The first kappa shape index (κ1) is 15.4. The van der Waals surface area contributed by atoms with Gasteiger partial charge in [-0.05, 0) is 48.7 Å². The molecular weight excluding hydrogens is 324 g/mol. The molecule has 0 spiro atoms. The van der Waals surface area contributed by atoms with Crippen molar-refractivity contribution in [1.29, 1.82) is 0 Å². The molecule has 0 bridgehead atoms. The van der Waals surface area contributed by atoms with Crippen LogP contribution >= 0.6 is 11.5 Å². The van der Waals surface area contributed by atoms with Gasteiger partial charge < -0.3 is 9.80 Å². The van der Waals surface area contributed by atoms with Crippen molar-refractivity contribution in [2.75, 3.05) is 31.1 Å². The highest BCUT2D eigenvalue weighted by Gasteiger charge is 2.34. The van der Waals surface area contributed by atoms with Crippen molar-refractivity contribution in [1.82, 2.24) is 24.5 Å². The molecule has 2 aliphatic rings. The second kappa shape index (κ2) is 6.80. The topological polar surface area (TPSA) is 75.1 Å². The first-order chi connectivity index (χ1) is 11.8. The van der Waals surface area contributed by atoms with E-state index in [2.05, 4.69) is 24.5 Å². The monoisotopic (exact) mass is 344 g/mol. The van der Waals surface area contributed by atoms with E-state index in [-0.39, 0.29) is 5.91 Å². The molecule has 2 aromatic heterocycles. The summed E-state index contributed by atoms with van der Waals surface area (Å²) in [6, 6.07) is 1.85. The first-order valence-electron chi connectivity index (χ1n) is 8.39. The normalized spacial score (nSPS) is 22.1. The second-order valence-electron chi connectivity index (χ2n) is 6.46. The molecule has 2 saturated heterocycles. The number of nitrogens with zero attached hydrogens (tertiary/aromatic N) is 6. The summed E-state index contributed by atoms with van der Waals surface area (Å²) in [6.45, 7) is 3.68. The van der Waals surface area contributed by atoms with Gasteiger partial charge in [0.25, 0.3) is 5.91 Å². The van der Waals surface area contributed by atoms with Gasteiger partial charge in [-0.25, -0.2) is 9.97 Å². The Labute approximate surface area is 144 Å². The van der Waals surface area contributed by atoms with Gasteiger partial charge in [0.15, 0.2) is 5.69 Å². The van der Waals surface area contributed by atoms with Gasteiger partial charge in [0.05, 0.1) is 0 Å². The maximum atomic E-state index is 12.4. The lowest BCUT2D eigenvalue weighted by Gasteiger charge is -2.34. The lowest BCUT2D eigenvalue weighted by atomic mass is 9.84. The van der Waals surface area contributed by atoms with Crippen molar-refractivity contribution >= 4 is 23.4 Å². The minimum absolute atomic E-state index is 0.0290. The van der Waals surface area contributed by atoms with Crippen LogP contribution in [0, 0.1) is 11.8 Å². The molecule has 126 valence electrons. The van der Waals surface area contributed by atoms with Crippen molar-refractivity contribution in [3.05, 3.63) is 29.5 Å². The van der Waals surface area contributed by atoms with Crippen molar-refractivity contribution in [2.45, 2.75) is 19.3 Å². The number of rotatable bonds is 3. The second-order valence-corrected chi connectivity index (χ2v) is 7.07. The molecule has 7 nitrogen and oxygen atoms in total. The highest BCUT2D eigenvalue weighted by molar-refractivity contribution is 7.03. The van der Waals surface area contributed by atoms with Crippen molar-refractivity contribution in [2.24, 2.45) is 11.8 Å². The predicted molar refractivity (Wildman–Crippen MR) is 90.9 cm³/mol. The smallest absolute Gasteiger partial charge is 0.275 e. The van der Waals surface area contributed by atoms with E-state index in [0.717, 1.165) is 51.4 Å². The molecule has 0 N–H and O–H groups in total. The van der Waals surface area contributed by atoms with Crippen LogP contribution in [0.3, 0.4) is 0 Å². The van der Waals surface area contributed by atoms with Gasteiger partial charge >= 0.3 is 0 Å². The number of piperidine rings is 1. The minimum atomic E-state index is 0.0290. The van der Waals surface area contributed by atoms with Crippen LogP contribution in [0.1, 0.15) is 29.8 Å². The Kier molecular flexibility index (Phi) is 4.38. The summed E-state index contributed by atoms with van der Waals surface area (Å²) in [5.41, 5.74) is 0.483. The van der Waals surface area contributed by atoms with E-state index in [0.29, 0.717) is 17.5 Å². The Morgan fingerprint density at radius 3 is 2.54 bits per heavy atom. The SMILES string of the molecule is O=C(c1csnn1)N1CCC(C2CCN(c3ncccn3)CC2)C1. The molecule has 4 heterocycles. The van der Waals surface area contributed by atoms with Crippen LogP contribution in [0.25, 0.3) is 0 Å². The van der Waals surface area contributed by atoms with E-state index < -0.39 is 0 Å². The molecule has 1 amide bonds. The van der Waals surface area contributed by atoms with Crippen molar-refractivity contribution in [3.8, 4) is 0 Å². The molecule has 0 saturated carbocycles. The maximum Gasteiger partial charge on any atom is 0.275 e. The average molecular weight is 344 g/mol. The lowest BCUT2D eigenvalue weighted by molar-refractivity contribution is 0.0775. The maximum absolute atomic E-state index is 12.4. The molecule has 4 rings (SSSR count). The Balaban J connectivity index is 1.31. The quantitative estimate of drug-likeness (QED) is 0.844. The van der Waals surface area contributed by atoms with E-state index in [4.69, 9.17) is 0 Å². The van der Waals surface area contributed by atoms with Gasteiger partial charge in [0.1, 0.15) is 0 Å². The molecule has 1 atom stereocenters. The van der Waals surface area contributed by atoms with Crippen LogP contribution < -0.4 is 4.90 Å². The van der Waals surface area contributed by atoms with Crippen LogP contribution in [0.2, 0.25) is 0 Å². The summed E-state index contributed by atoms with van der Waals surface area (Å²) in [4.78, 5) is 25.3. The average Bonchev–Trinajstić information content (AvgIpc) is 3.34. The summed E-state index contributed by atoms with van der Waals surface area (Å²) in [6.07, 6.45) is 6.96. The zero-order valence-corrected chi connectivity index (χ0v) is 14.2. The molecule has 1 unspecified atom stereocenters. The fraction of sp³-hybridized carbons (Fsp3) is 0.562. The highest BCUT2D eigenvalue weighted by Crippen LogP contribution is 2.33. The summed E-state index contributed by atoms with van der Waals surface area (Å²) >= 11 is 1.23. The molecule has 2 fully saturated rings. The number of amides is 1. The van der Waals surface area contributed by atoms with Crippen LogP contribution in [0.15, 0.2) is 23.8 Å².